The Morgan fingerprint density at radius 1 is 1.32 bits per heavy atom. The van der Waals surface area contributed by atoms with E-state index in [1.807, 2.05) is 13.8 Å². The molecule has 102 valence electrons. The third-order valence-corrected chi connectivity index (χ3v) is 3.90. The molecule has 1 aliphatic carbocycles. The monoisotopic (exact) mass is 260 g/mol. The van der Waals surface area contributed by atoms with E-state index in [0.29, 0.717) is 5.92 Å². The first-order valence-electron chi connectivity index (χ1n) is 6.88. The quantitative estimate of drug-likeness (QED) is 0.454. The molecule has 19 heavy (non-hydrogen) atoms. The highest BCUT2D eigenvalue weighted by Crippen LogP contribution is 2.29. The lowest BCUT2D eigenvalue weighted by Gasteiger charge is -2.21. The van der Waals surface area contributed by atoms with Crippen molar-refractivity contribution >= 4 is 17.1 Å². The van der Waals surface area contributed by atoms with E-state index in [9.17, 15) is 10.1 Å². The second-order valence-electron chi connectivity index (χ2n) is 5.32. The molecule has 2 rings (SSSR count). The molecule has 0 spiro atoms. The Labute approximate surface area is 113 Å². The summed E-state index contributed by atoms with van der Waals surface area (Å²) < 4.78 is 0. The molecule has 1 saturated carbocycles. The zero-order valence-electron chi connectivity index (χ0n) is 11.6. The van der Waals surface area contributed by atoms with Crippen molar-refractivity contribution in [2.75, 3.05) is 0 Å². The van der Waals surface area contributed by atoms with E-state index in [0.717, 1.165) is 17.0 Å². The van der Waals surface area contributed by atoms with Gasteiger partial charge in [0, 0.05) is 17.8 Å². The highest BCUT2D eigenvalue weighted by molar-refractivity contribution is 5.87. The minimum Gasteiger partial charge on any atom is -0.258 e. The third kappa shape index (κ3) is 3.40. The first-order chi connectivity index (χ1) is 9.08. The van der Waals surface area contributed by atoms with Crippen LogP contribution >= 0.6 is 0 Å². The van der Waals surface area contributed by atoms with Crippen molar-refractivity contribution in [3.8, 4) is 0 Å². The van der Waals surface area contributed by atoms with E-state index < -0.39 is 0 Å². The summed E-state index contributed by atoms with van der Waals surface area (Å²) in [5.41, 5.74) is 2.95. The molecule has 0 saturated heterocycles. The molecule has 1 aromatic rings. The molecule has 1 aliphatic rings. The van der Waals surface area contributed by atoms with Crippen LogP contribution in [-0.4, -0.2) is 10.6 Å². The molecule has 0 aliphatic heterocycles. The summed E-state index contributed by atoms with van der Waals surface area (Å²) in [5, 5.41) is 10.8. The average Bonchev–Trinajstić information content (AvgIpc) is 2.42. The molecule has 0 atom stereocenters. The maximum absolute atomic E-state index is 10.8. The van der Waals surface area contributed by atoms with Crippen LogP contribution in [0, 0.1) is 23.0 Å². The lowest BCUT2D eigenvalue weighted by Crippen LogP contribution is -2.14. The number of hydrogen-bond donors (Lipinski definition) is 0. The standard InChI is InChI=1S/C15H20N2O2/c1-11-8-9-14(17(18)19)10-15(11)16-12(2)13-6-4-3-5-7-13/h8-10,13H,3-7H2,1-2H3. The summed E-state index contributed by atoms with van der Waals surface area (Å²) in [6.07, 6.45) is 6.25. The number of nitro groups is 1. The minimum absolute atomic E-state index is 0.112. The Morgan fingerprint density at radius 3 is 2.63 bits per heavy atom. The summed E-state index contributed by atoms with van der Waals surface area (Å²) in [4.78, 5) is 15.1. The molecule has 1 fully saturated rings. The highest BCUT2D eigenvalue weighted by Gasteiger charge is 2.17. The summed E-state index contributed by atoms with van der Waals surface area (Å²) in [6.45, 7) is 3.99. The summed E-state index contributed by atoms with van der Waals surface area (Å²) in [7, 11) is 0. The van der Waals surface area contributed by atoms with Gasteiger partial charge in [-0.2, -0.15) is 0 Å². The van der Waals surface area contributed by atoms with E-state index in [2.05, 4.69) is 4.99 Å². The Balaban J connectivity index is 2.25. The predicted octanol–water partition coefficient (Wildman–Crippen LogP) is 4.58. The van der Waals surface area contributed by atoms with Crippen molar-refractivity contribution in [1.29, 1.82) is 0 Å². The lowest BCUT2D eigenvalue weighted by molar-refractivity contribution is -0.384. The van der Waals surface area contributed by atoms with Crippen LogP contribution < -0.4 is 0 Å². The normalized spacial score (nSPS) is 17.5. The van der Waals surface area contributed by atoms with E-state index >= 15 is 0 Å². The summed E-state index contributed by atoms with van der Waals surface area (Å²) in [5.74, 6) is 0.549. The largest absolute Gasteiger partial charge is 0.271 e. The average molecular weight is 260 g/mol. The van der Waals surface area contributed by atoms with Crippen LogP contribution in [-0.2, 0) is 0 Å². The number of benzene rings is 1. The number of nitro benzene ring substituents is 1. The number of nitrogens with zero attached hydrogens (tertiary/aromatic N) is 2. The number of hydrogen-bond acceptors (Lipinski definition) is 3. The Kier molecular flexibility index (Phi) is 4.30. The first kappa shape index (κ1) is 13.7. The Bertz CT molecular complexity index is 503. The van der Waals surface area contributed by atoms with Gasteiger partial charge in [-0.3, -0.25) is 15.1 Å². The van der Waals surface area contributed by atoms with Gasteiger partial charge in [-0.15, -0.1) is 0 Å². The fraction of sp³-hybridized carbons (Fsp3) is 0.533. The number of aryl methyl sites for hydroxylation is 1. The third-order valence-electron chi connectivity index (χ3n) is 3.90. The molecule has 0 amide bonds. The predicted molar refractivity (Wildman–Crippen MR) is 77.2 cm³/mol. The molecule has 0 unspecified atom stereocenters. The van der Waals surface area contributed by atoms with Crippen LogP contribution in [0.15, 0.2) is 23.2 Å². The van der Waals surface area contributed by atoms with Gasteiger partial charge in [0.15, 0.2) is 0 Å². The molecular formula is C15H20N2O2. The summed E-state index contributed by atoms with van der Waals surface area (Å²) >= 11 is 0. The van der Waals surface area contributed by atoms with Crippen LogP contribution in [0.5, 0.6) is 0 Å². The molecule has 0 bridgehead atoms. The Hall–Kier alpha value is -1.71. The van der Waals surface area contributed by atoms with E-state index in [4.69, 9.17) is 0 Å². The molecule has 0 aromatic heterocycles. The van der Waals surface area contributed by atoms with Gasteiger partial charge in [-0.1, -0.05) is 25.3 Å². The van der Waals surface area contributed by atoms with Crippen molar-refractivity contribution < 1.29 is 4.92 Å². The van der Waals surface area contributed by atoms with Crippen LogP contribution in [0.3, 0.4) is 0 Å². The fourth-order valence-corrected chi connectivity index (χ4v) is 2.63. The molecule has 0 radical (unpaired) electrons. The van der Waals surface area contributed by atoms with Gasteiger partial charge in [0.05, 0.1) is 10.6 Å². The van der Waals surface area contributed by atoms with E-state index in [-0.39, 0.29) is 10.6 Å². The minimum atomic E-state index is -0.367. The second-order valence-corrected chi connectivity index (χ2v) is 5.32. The SMILES string of the molecule is CC(=Nc1cc([N+](=O)[O-])ccc1C)C1CCCCC1. The number of rotatable bonds is 3. The van der Waals surface area contributed by atoms with Crippen molar-refractivity contribution in [1.82, 2.24) is 0 Å². The zero-order valence-corrected chi connectivity index (χ0v) is 11.6. The number of non-ortho nitro benzene ring substituents is 1. The van der Waals surface area contributed by atoms with Gasteiger partial charge < -0.3 is 0 Å². The van der Waals surface area contributed by atoms with Crippen molar-refractivity contribution in [2.45, 2.75) is 46.0 Å². The van der Waals surface area contributed by atoms with Crippen LogP contribution in [0.25, 0.3) is 0 Å². The molecule has 4 nitrogen and oxygen atoms in total. The van der Waals surface area contributed by atoms with Gasteiger partial charge in [0.1, 0.15) is 0 Å². The molecule has 0 heterocycles. The van der Waals surface area contributed by atoms with Crippen molar-refractivity contribution in [3.05, 3.63) is 33.9 Å². The second kappa shape index (κ2) is 5.95. The number of aliphatic imine (C=N–C) groups is 1. The topological polar surface area (TPSA) is 55.5 Å². The molecular weight excluding hydrogens is 240 g/mol. The van der Waals surface area contributed by atoms with E-state index in [1.165, 1.54) is 38.2 Å². The van der Waals surface area contributed by atoms with E-state index in [1.54, 1.807) is 12.1 Å². The highest BCUT2D eigenvalue weighted by atomic mass is 16.6. The molecule has 1 aromatic carbocycles. The van der Waals surface area contributed by atoms with Crippen LogP contribution in [0.4, 0.5) is 11.4 Å². The Morgan fingerprint density at radius 2 is 2.00 bits per heavy atom. The molecule has 4 heteroatoms. The van der Waals surface area contributed by atoms with Crippen molar-refractivity contribution in [3.63, 3.8) is 0 Å². The van der Waals surface area contributed by atoms with Gasteiger partial charge in [0.2, 0.25) is 0 Å². The maximum atomic E-state index is 10.8. The van der Waals surface area contributed by atoms with Gasteiger partial charge in [-0.25, -0.2) is 0 Å². The smallest absolute Gasteiger partial charge is 0.258 e. The first-order valence-corrected chi connectivity index (χ1v) is 6.88. The maximum Gasteiger partial charge on any atom is 0.271 e. The fourth-order valence-electron chi connectivity index (χ4n) is 2.63. The molecule has 0 N–H and O–H groups in total. The summed E-state index contributed by atoms with van der Waals surface area (Å²) in [6, 6.07) is 4.87. The van der Waals surface area contributed by atoms with Crippen molar-refractivity contribution in [2.24, 2.45) is 10.9 Å². The van der Waals surface area contributed by atoms with Crippen LogP contribution in [0.2, 0.25) is 0 Å². The zero-order chi connectivity index (χ0) is 13.8. The lowest BCUT2D eigenvalue weighted by atomic mass is 9.86. The van der Waals surface area contributed by atoms with Crippen LogP contribution in [0.1, 0.15) is 44.6 Å². The van der Waals surface area contributed by atoms with Gasteiger partial charge >= 0.3 is 0 Å². The van der Waals surface area contributed by atoms with Gasteiger partial charge in [0.25, 0.3) is 5.69 Å². The van der Waals surface area contributed by atoms with Gasteiger partial charge in [-0.05, 0) is 38.2 Å².